The number of anilines is 1. The Labute approximate surface area is 162 Å². The van der Waals surface area contributed by atoms with Crippen molar-refractivity contribution in [3.8, 4) is 0 Å². The number of H-pyrrole nitrogens is 1. The molecule has 166 valence electrons. The number of phosphoric ester groups is 1. The number of rotatable bonds is 8. The molecule has 16 nitrogen and oxygen atoms in total. The molecule has 1 aliphatic heterocycles. The van der Waals surface area contributed by atoms with Gasteiger partial charge in [-0.2, -0.15) is 23.0 Å². The van der Waals surface area contributed by atoms with E-state index in [4.69, 9.17) is 25.2 Å². The first kappa shape index (κ1) is 24.3. The molecule has 8 N–H and O–H groups in total. The van der Waals surface area contributed by atoms with Crippen molar-refractivity contribution >= 4 is 29.3 Å². The molecule has 0 aliphatic carbocycles. The van der Waals surface area contributed by atoms with Crippen LogP contribution in [0.25, 0.3) is 0 Å². The van der Waals surface area contributed by atoms with E-state index in [1.165, 1.54) is 6.20 Å². The number of hydrogen-bond acceptors (Lipinski definition) is 10. The average Bonchev–Trinajstić information content (AvgIpc) is 2.86. The van der Waals surface area contributed by atoms with E-state index >= 15 is 0 Å². The molecule has 1 aliphatic rings. The van der Waals surface area contributed by atoms with Crippen LogP contribution in [0.5, 0.6) is 0 Å². The summed E-state index contributed by atoms with van der Waals surface area (Å²) in [6, 6.07) is 0. The lowest BCUT2D eigenvalue weighted by atomic mass is 10.2. The van der Waals surface area contributed by atoms with Crippen LogP contribution in [0.1, 0.15) is 18.2 Å². The van der Waals surface area contributed by atoms with E-state index in [-0.39, 0.29) is 12.2 Å². The zero-order valence-corrected chi connectivity index (χ0v) is 17.3. The van der Waals surface area contributed by atoms with E-state index in [0.717, 1.165) is 4.57 Å². The molecular formula is C10H19N3O13P3+. The van der Waals surface area contributed by atoms with Crippen molar-refractivity contribution in [2.45, 2.75) is 31.8 Å². The zero-order valence-electron chi connectivity index (χ0n) is 14.6. The number of hydrogen-bond donors (Lipinski definition) is 7. The van der Waals surface area contributed by atoms with E-state index < -0.39 is 54.2 Å². The summed E-state index contributed by atoms with van der Waals surface area (Å²) in [4.78, 5) is 49.7. The number of aromatic amines is 1. The van der Waals surface area contributed by atoms with Gasteiger partial charge in [0, 0.05) is 6.42 Å². The van der Waals surface area contributed by atoms with Gasteiger partial charge in [0.2, 0.25) is 6.23 Å². The largest absolute Gasteiger partial charge is 0.499 e. The Morgan fingerprint density at radius 3 is 2.45 bits per heavy atom. The molecule has 1 aromatic rings. The monoisotopic (exact) mass is 482 g/mol. The number of nitrogen functional groups attached to an aromatic ring is 1. The van der Waals surface area contributed by atoms with E-state index in [9.17, 15) is 28.5 Å². The quantitative estimate of drug-likeness (QED) is 0.165. The number of nitrogens with zero attached hydrogens (tertiary/aromatic N) is 1. The summed E-state index contributed by atoms with van der Waals surface area (Å²) in [5.41, 5.74) is 5.45. The highest BCUT2D eigenvalue weighted by atomic mass is 31.3. The number of aryl methyl sites for hydroxylation is 1. The molecule has 0 aromatic carbocycles. The van der Waals surface area contributed by atoms with E-state index in [1.54, 1.807) is 6.92 Å². The van der Waals surface area contributed by atoms with E-state index in [0.29, 0.717) is 5.56 Å². The summed E-state index contributed by atoms with van der Waals surface area (Å²) < 4.78 is 51.6. The predicted molar refractivity (Wildman–Crippen MR) is 90.8 cm³/mol. The molecule has 0 spiro atoms. The number of phosphoric acid groups is 3. The van der Waals surface area contributed by atoms with Crippen molar-refractivity contribution in [3.63, 3.8) is 0 Å². The van der Waals surface area contributed by atoms with E-state index in [1.807, 2.05) is 0 Å². The summed E-state index contributed by atoms with van der Waals surface area (Å²) in [5, 5.41) is 10.0. The van der Waals surface area contributed by atoms with E-state index in [2.05, 4.69) is 18.1 Å². The lowest BCUT2D eigenvalue weighted by molar-refractivity contribution is -0.774. The minimum atomic E-state index is -5.65. The maximum Gasteiger partial charge on any atom is 0.499 e. The molecule has 1 saturated heterocycles. The molecule has 29 heavy (non-hydrogen) atoms. The highest BCUT2D eigenvalue weighted by Crippen LogP contribution is 2.66. The number of aliphatic hydroxyl groups excluding tert-OH is 1. The summed E-state index contributed by atoms with van der Waals surface area (Å²) in [6.45, 7) is 0.772. The topological polar surface area (TPSA) is 252 Å². The molecule has 5 atom stereocenters. The lowest BCUT2D eigenvalue weighted by Gasteiger charge is -2.18. The van der Waals surface area contributed by atoms with Gasteiger partial charge in [-0.1, -0.05) is 0 Å². The van der Waals surface area contributed by atoms with Gasteiger partial charge in [-0.3, -0.25) is 4.52 Å². The van der Waals surface area contributed by atoms with Gasteiger partial charge in [0.1, 0.15) is 12.3 Å². The van der Waals surface area contributed by atoms with Crippen molar-refractivity contribution < 1.29 is 60.8 Å². The molecule has 0 saturated carbocycles. The Kier molecular flexibility index (Phi) is 7.23. The zero-order chi connectivity index (χ0) is 22.2. The number of nitrogens with two attached hydrogens (primary N) is 1. The highest BCUT2D eigenvalue weighted by Gasteiger charge is 2.43. The van der Waals surface area contributed by atoms with Gasteiger partial charge in [-0.05, 0) is 6.92 Å². The number of nitrogens with one attached hydrogen (secondary N) is 1. The van der Waals surface area contributed by atoms with Gasteiger partial charge >= 0.3 is 29.2 Å². The summed E-state index contributed by atoms with van der Waals surface area (Å²) in [6.07, 6.45) is -2.24. The molecule has 0 radical (unpaired) electrons. The molecular weight excluding hydrogens is 463 g/mol. The normalized spacial score (nSPS) is 26.8. The fourth-order valence-corrected chi connectivity index (χ4v) is 5.37. The first-order valence-corrected chi connectivity index (χ1v) is 12.1. The average molecular weight is 482 g/mol. The Hall–Kier alpha value is -0.990. The van der Waals surface area contributed by atoms with Crippen molar-refractivity contribution in [3.05, 3.63) is 22.2 Å². The Morgan fingerprint density at radius 1 is 1.24 bits per heavy atom. The fraction of sp³-hybridized carbons (Fsp3) is 0.600. The second kappa shape index (κ2) is 8.63. The first-order chi connectivity index (χ1) is 13.1. The molecule has 2 unspecified atom stereocenters. The number of aliphatic hydroxyl groups is 1. The molecule has 2 heterocycles. The summed E-state index contributed by atoms with van der Waals surface area (Å²) >= 11 is 0. The molecule has 0 bridgehead atoms. The molecule has 19 heteroatoms. The number of ether oxygens (including phenoxy) is 1. The SMILES string of the molecule is Cc1c[n+]([C@H]2C[C@H](O)[C@@H](COP(=O)(O)OP(=O)(O)OP(=O)(O)O)O2)c(=O)[nH]c1N. The van der Waals surface area contributed by atoms with Crippen LogP contribution in [0.15, 0.2) is 11.0 Å². The summed E-state index contributed by atoms with van der Waals surface area (Å²) in [5.74, 6) is 0.133. The fourth-order valence-electron chi connectivity index (χ4n) is 2.34. The third-order valence-electron chi connectivity index (χ3n) is 3.57. The van der Waals surface area contributed by atoms with Crippen LogP contribution in [0.4, 0.5) is 5.82 Å². The van der Waals surface area contributed by atoms with Crippen LogP contribution in [0.2, 0.25) is 0 Å². The van der Waals surface area contributed by atoms with Crippen molar-refractivity contribution in [2.75, 3.05) is 12.3 Å². The van der Waals surface area contributed by atoms with Gasteiger partial charge in [-0.15, -0.1) is 0 Å². The lowest BCUT2D eigenvalue weighted by Crippen LogP contribution is -2.55. The van der Waals surface area contributed by atoms with Gasteiger partial charge in [0.15, 0.2) is 5.82 Å². The van der Waals surface area contributed by atoms with Crippen LogP contribution in [0, 0.1) is 6.92 Å². The standard InChI is InChI=1S/C10H18N3O13P3/c1-5-3-13(10(15)12-9(5)11)8-2-6(14)7(24-8)4-23-28(19,20)26-29(21,22)25-27(16,17)18/h3,6-8,14H,2,4H2,1H3,(H6,11,12,15,16,17,18,19,20,21,22)/p+1/t6-,7+,8+/m0/s1. The van der Waals surface area contributed by atoms with Crippen molar-refractivity contribution in [2.24, 2.45) is 0 Å². The molecule has 0 amide bonds. The maximum absolute atomic E-state index is 12.0. The number of aromatic nitrogens is 2. The van der Waals surface area contributed by atoms with Crippen LogP contribution >= 0.6 is 23.5 Å². The maximum atomic E-state index is 12.0. The smallest absolute Gasteiger partial charge is 0.390 e. The first-order valence-electron chi connectivity index (χ1n) is 7.61. The van der Waals surface area contributed by atoms with Crippen molar-refractivity contribution in [1.82, 2.24) is 4.98 Å². The third-order valence-corrected chi connectivity index (χ3v) is 7.37. The third kappa shape index (κ3) is 7.03. The Morgan fingerprint density at radius 2 is 1.86 bits per heavy atom. The highest BCUT2D eigenvalue weighted by molar-refractivity contribution is 7.66. The van der Waals surface area contributed by atoms with Gasteiger partial charge in [-0.25, -0.2) is 13.7 Å². The minimum Gasteiger partial charge on any atom is -0.390 e. The Balaban J connectivity index is 2.02. The van der Waals surface area contributed by atoms with Crippen LogP contribution in [-0.2, 0) is 31.6 Å². The molecule has 1 aromatic heterocycles. The predicted octanol–water partition coefficient (Wildman–Crippen LogP) is -1.46. The van der Waals surface area contributed by atoms with Crippen LogP contribution < -0.4 is 16.0 Å². The Bertz CT molecular complexity index is 960. The summed E-state index contributed by atoms with van der Waals surface area (Å²) in [7, 11) is -16.5. The van der Waals surface area contributed by atoms with Gasteiger partial charge in [0.05, 0.1) is 18.3 Å². The molecule has 2 rings (SSSR count). The van der Waals surface area contributed by atoms with Crippen LogP contribution in [0.3, 0.4) is 0 Å². The van der Waals surface area contributed by atoms with Crippen molar-refractivity contribution in [1.29, 1.82) is 0 Å². The van der Waals surface area contributed by atoms with Crippen LogP contribution in [-0.4, -0.2) is 48.5 Å². The second-order valence-electron chi connectivity index (χ2n) is 5.88. The van der Waals surface area contributed by atoms with Gasteiger partial charge < -0.3 is 35.2 Å². The minimum absolute atomic E-state index is 0.110. The van der Waals surface area contributed by atoms with Gasteiger partial charge in [0.25, 0.3) is 0 Å². The second-order valence-corrected chi connectivity index (χ2v) is 10.3. The molecule has 1 fully saturated rings.